The molecule has 31 heavy (non-hydrogen) atoms. The van der Waals surface area contributed by atoms with Crippen molar-refractivity contribution >= 4 is 50.8 Å². The Labute approximate surface area is 195 Å². The number of rotatable bonds is 5. The smallest absolute Gasteiger partial charge is 0.257 e. The highest BCUT2D eigenvalue weighted by Crippen LogP contribution is 2.19. The van der Waals surface area contributed by atoms with Gasteiger partial charge in [-0.05, 0) is 61.5 Å². The number of thiocarbonyl (C=S) groups is 1. The molecule has 3 rings (SSSR count). The maximum atomic E-state index is 12.9. The van der Waals surface area contributed by atoms with Gasteiger partial charge in [-0.15, -0.1) is 0 Å². The van der Waals surface area contributed by atoms with E-state index in [9.17, 15) is 9.59 Å². The number of anilines is 1. The van der Waals surface area contributed by atoms with Gasteiger partial charge in [0, 0.05) is 10.0 Å². The fourth-order valence-corrected chi connectivity index (χ4v) is 3.53. The molecule has 0 spiro atoms. The molecule has 3 aromatic rings. The molecular formula is C24H22BrN3O2S. The van der Waals surface area contributed by atoms with Gasteiger partial charge in [-0.3, -0.25) is 14.9 Å². The Kier molecular flexibility index (Phi) is 7.55. The van der Waals surface area contributed by atoms with Crippen LogP contribution in [0.5, 0.6) is 0 Å². The number of hydrogen-bond donors (Lipinski definition) is 3. The molecule has 0 aliphatic carbocycles. The zero-order valence-corrected chi connectivity index (χ0v) is 19.5. The first-order chi connectivity index (χ1) is 14.8. The van der Waals surface area contributed by atoms with E-state index in [1.54, 1.807) is 36.4 Å². The lowest BCUT2D eigenvalue weighted by Gasteiger charge is -2.17. The monoisotopic (exact) mass is 495 g/mol. The first-order valence-electron chi connectivity index (χ1n) is 9.68. The van der Waals surface area contributed by atoms with E-state index in [-0.39, 0.29) is 23.0 Å². The van der Waals surface area contributed by atoms with E-state index < -0.39 is 0 Å². The van der Waals surface area contributed by atoms with Crippen LogP contribution in [0.15, 0.2) is 77.3 Å². The predicted molar refractivity (Wildman–Crippen MR) is 131 cm³/mol. The molecule has 5 nitrogen and oxygen atoms in total. The van der Waals surface area contributed by atoms with Crippen LogP contribution in [0.1, 0.15) is 44.8 Å². The molecule has 0 saturated heterocycles. The van der Waals surface area contributed by atoms with Gasteiger partial charge in [-0.1, -0.05) is 64.5 Å². The number of amides is 2. The molecule has 7 heteroatoms. The third-order valence-corrected chi connectivity index (χ3v) is 5.79. The lowest BCUT2D eigenvalue weighted by Crippen LogP contribution is -2.35. The Morgan fingerprint density at radius 1 is 0.935 bits per heavy atom. The number of hydrogen-bond acceptors (Lipinski definition) is 3. The molecule has 158 valence electrons. The quantitative estimate of drug-likeness (QED) is 0.415. The molecule has 0 aliphatic rings. The van der Waals surface area contributed by atoms with Gasteiger partial charge < -0.3 is 10.6 Å². The average Bonchev–Trinajstić information content (AvgIpc) is 2.76. The van der Waals surface area contributed by atoms with Gasteiger partial charge in [0.25, 0.3) is 11.8 Å². The van der Waals surface area contributed by atoms with Crippen LogP contribution in [0.25, 0.3) is 0 Å². The van der Waals surface area contributed by atoms with E-state index in [2.05, 4.69) is 31.9 Å². The summed E-state index contributed by atoms with van der Waals surface area (Å²) >= 11 is 8.72. The molecule has 0 bridgehead atoms. The van der Waals surface area contributed by atoms with Crippen molar-refractivity contribution in [3.05, 3.63) is 99.5 Å². The third kappa shape index (κ3) is 5.99. The van der Waals surface area contributed by atoms with Crippen LogP contribution in [-0.2, 0) is 0 Å². The van der Waals surface area contributed by atoms with Crippen molar-refractivity contribution < 1.29 is 9.59 Å². The molecule has 0 aliphatic heterocycles. The summed E-state index contributed by atoms with van der Waals surface area (Å²) in [6.45, 7) is 3.87. The van der Waals surface area contributed by atoms with Crippen LogP contribution in [0.3, 0.4) is 0 Å². The summed E-state index contributed by atoms with van der Waals surface area (Å²) in [6.07, 6.45) is 0. The van der Waals surface area contributed by atoms with Crippen molar-refractivity contribution in [1.29, 1.82) is 0 Å². The highest BCUT2D eigenvalue weighted by Gasteiger charge is 2.16. The number of para-hydroxylation sites is 1. The van der Waals surface area contributed by atoms with Crippen LogP contribution >= 0.6 is 28.1 Å². The van der Waals surface area contributed by atoms with Crippen molar-refractivity contribution in [1.82, 2.24) is 10.6 Å². The SMILES string of the molecule is Cc1ccc(C(=O)NC(=S)Nc2ccccc2C(=O)NC(C)c2ccccc2)cc1Br. The molecule has 1 unspecified atom stereocenters. The summed E-state index contributed by atoms with van der Waals surface area (Å²) in [7, 11) is 0. The van der Waals surface area contributed by atoms with Gasteiger partial charge >= 0.3 is 0 Å². The molecule has 0 saturated carbocycles. The summed E-state index contributed by atoms with van der Waals surface area (Å²) in [6, 6.07) is 21.9. The minimum absolute atomic E-state index is 0.109. The van der Waals surface area contributed by atoms with E-state index in [1.807, 2.05) is 50.2 Å². The molecule has 3 N–H and O–H groups in total. The molecular weight excluding hydrogens is 474 g/mol. The van der Waals surface area contributed by atoms with Crippen LogP contribution in [0, 0.1) is 6.92 Å². The zero-order valence-electron chi connectivity index (χ0n) is 17.1. The Morgan fingerprint density at radius 2 is 1.61 bits per heavy atom. The number of carbonyl (C=O) groups excluding carboxylic acids is 2. The van der Waals surface area contributed by atoms with Crippen LogP contribution in [-0.4, -0.2) is 16.9 Å². The zero-order chi connectivity index (χ0) is 22.4. The molecule has 0 radical (unpaired) electrons. The Morgan fingerprint density at radius 3 is 2.32 bits per heavy atom. The second kappa shape index (κ2) is 10.3. The fourth-order valence-electron chi connectivity index (χ4n) is 2.95. The first-order valence-corrected chi connectivity index (χ1v) is 10.9. The van der Waals surface area contributed by atoms with Gasteiger partial charge in [-0.2, -0.15) is 0 Å². The summed E-state index contributed by atoms with van der Waals surface area (Å²) < 4.78 is 0.841. The van der Waals surface area contributed by atoms with Crippen molar-refractivity contribution in [2.75, 3.05) is 5.32 Å². The van der Waals surface area contributed by atoms with Crippen molar-refractivity contribution in [3.8, 4) is 0 Å². The second-order valence-electron chi connectivity index (χ2n) is 7.02. The summed E-state index contributed by atoms with van der Waals surface area (Å²) in [5, 5.41) is 8.71. The van der Waals surface area contributed by atoms with Gasteiger partial charge in [0.2, 0.25) is 0 Å². The van der Waals surface area contributed by atoms with Gasteiger partial charge in [0.15, 0.2) is 5.11 Å². The van der Waals surface area contributed by atoms with E-state index in [0.717, 1.165) is 15.6 Å². The maximum Gasteiger partial charge on any atom is 0.257 e. The molecule has 0 aromatic heterocycles. The number of benzene rings is 3. The highest BCUT2D eigenvalue weighted by atomic mass is 79.9. The number of aryl methyl sites for hydroxylation is 1. The third-order valence-electron chi connectivity index (χ3n) is 4.73. The normalized spacial score (nSPS) is 11.3. The van der Waals surface area contributed by atoms with Gasteiger partial charge in [-0.25, -0.2) is 0 Å². The lowest BCUT2D eigenvalue weighted by molar-refractivity contribution is 0.0939. The summed E-state index contributed by atoms with van der Waals surface area (Å²) in [5.74, 6) is -0.575. The van der Waals surface area contributed by atoms with Crippen LogP contribution < -0.4 is 16.0 Å². The first kappa shape index (κ1) is 22.7. The minimum Gasteiger partial charge on any atom is -0.345 e. The van der Waals surface area contributed by atoms with Crippen LogP contribution in [0.2, 0.25) is 0 Å². The molecule has 0 fully saturated rings. The summed E-state index contributed by atoms with van der Waals surface area (Å²) in [4.78, 5) is 25.3. The lowest BCUT2D eigenvalue weighted by atomic mass is 10.1. The maximum absolute atomic E-state index is 12.9. The van der Waals surface area contributed by atoms with Crippen molar-refractivity contribution in [2.24, 2.45) is 0 Å². The van der Waals surface area contributed by atoms with Crippen LogP contribution in [0.4, 0.5) is 5.69 Å². The van der Waals surface area contributed by atoms with Crippen molar-refractivity contribution in [2.45, 2.75) is 19.9 Å². The second-order valence-corrected chi connectivity index (χ2v) is 8.29. The highest BCUT2D eigenvalue weighted by molar-refractivity contribution is 9.10. The standard InChI is InChI=1S/C24H22BrN3O2S/c1-15-12-13-18(14-20(15)25)22(29)28-24(31)27-21-11-7-6-10-19(21)23(30)26-16(2)17-8-4-3-5-9-17/h3-14,16H,1-2H3,(H,26,30)(H2,27,28,29,31). The molecule has 3 aromatic carbocycles. The molecule has 0 heterocycles. The Hall–Kier alpha value is -3.03. The topological polar surface area (TPSA) is 70.2 Å². The largest absolute Gasteiger partial charge is 0.345 e. The Balaban J connectivity index is 1.68. The minimum atomic E-state index is -0.335. The van der Waals surface area contributed by atoms with E-state index in [0.29, 0.717) is 16.8 Å². The summed E-state index contributed by atoms with van der Waals surface area (Å²) in [5.41, 5.74) is 3.45. The Bertz CT molecular complexity index is 1120. The van der Waals surface area contributed by atoms with E-state index in [1.165, 1.54) is 0 Å². The van der Waals surface area contributed by atoms with E-state index >= 15 is 0 Å². The van der Waals surface area contributed by atoms with E-state index in [4.69, 9.17) is 12.2 Å². The molecule has 1 atom stereocenters. The average molecular weight is 496 g/mol. The van der Waals surface area contributed by atoms with Crippen molar-refractivity contribution in [3.63, 3.8) is 0 Å². The van der Waals surface area contributed by atoms with Gasteiger partial charge in [0.1, 0.15) is 0 Å². The predicted octanol–water partition coefficient (Wildman–Crippen LogP) is 5.38. The molecule has 2 amide bonds. The number of halogens is 1. The number of nitrogens with one attached hydrogen (secondary N) is 3. The van der Waals surface area contributed by atoms with Gasteiger partial charge in [0.05, 0.1) is 17.3 Å². The number of carbonyl (C=O) groups is 2. The fraction of sp³-hybridized carbons (Fsp3) is 0.125.